The fourth-order valence-electron chi connectivity index (χ4n) is 1.59. The number of rotatable bonds is 5. The van der Waals surface area contributed by atoms with Gasteiger partial charge < -0.3 is 4.57 Å². The van der Waals surface area contributed by atoms with Crippen LogP contribution in [-0.4, -0.2) is 15.3 Å². The van der Waals surface area contributed by atoms with Crippen LogP contribution in [0.15, 0.2) is 41.7 Å². The third-order valence-corrected chi connectivity index (χ3v) is 3.96. The zero-order valence-corrected chi connectivity index (χ0v) is 11.3. The van der Waals surface area contributed by atoms with Crippen LogP contribution in [0.2, 0.25) is 0 Å². The summed E-state index contributed by atoms with van der Waals surface area (Å²) in [7, 11) is 2.01. The maximum absolute atomic E-state index is 5.81. The lowest BCUT2D eigenvalue weighted by molar-refractivity contribution is 0.760. The Morgan fingerprint density at radius 1 is 1.29 bits per heavy atom. The minimum absolute atomic E-state index is 0.517. The highest BCUT2D eigenvalue weighted by atomic mass is 35.5. The van der Waals surface area contributed by atoms with Crippen molar-refractivity contribution in [2.45, 2.75) is 17.5 Å². The summed E-state index contributed by atoms with van der Waals surface area (Å²) in [6.07, 6.45) is 2.91. The van der Waals surface area contributed by atoms with Crippen LogP contribution in [0.3, 0.4) is 0 Å². The molecule has 1 heterocycles. The molecule has 90 valence electrons. The lowest BCUT2D eigenvalue weighted by Crippen LogP contribution is -1.97. The fraction of sp³-hybridized carbons (Fsp3) is 0.308. The van der Waals surface area contributed by atoms with Gasteiger partial charge in [-0.05, 0) is 12.0 Å². The Balaban J connectivity index is 1.88. The molecule has 0 spiro atoms. The molecule has 0 saturated heterocycles. The van der Waals surface area contributed by atoms with Crippen LogP contribution in [0.5, 0.6) is 0 Å². The SMILES string of the molecule is Cn1c(CCl)cnc1SCCc1ccccc1. The van der Waals surface area contributed by atoms with Gasteiger partial charge in [0.2, 0.25) is 0 Å². The first-order valence-electron chi connectivity index (χ1n) is 5.54. The zero-order chi connectivity index (χ0) is 12.1. The summed E-state index contributed by atoms with van der Waals surface area (Å²) in [5.41, 5.74) is 2.43. The standard InChI is InChI=1S/C13H15ClN2S/c1-16-12(9-14)10-15-13(16)17-8-7-11-5-3-2-4-6-11/h2-6,10H,7-9H2,1H3. The predicted octanol–water partition coefficient (Wildman–Crippen LogP) is 3.49. The van der Waals surface area contributed by atoms with E-state index < -0.39 is 0 Å². The molecule has 0 saturated carbocycles. The average molecular weight is 267 g/mol. The zero-order valence-electron chi connectivity index (χ0n) is 9.77. The molecule has 0 N–H and O–H groups in total. The smallest absolute Gasteiger partial charge is 0.167 e. The number of hydrogen-bond acceptors (Lipinski definition) is 2. The Kier molecular flexibility index (Phi) is 4.51. The molecule has 2 nitrogen and oxygen atoms in total. The number of alkyl halides is 1. The van der Waals surface area contributed by atoms with Gasteiger partial charge in [0, 0.05) is 12.8 Å². The normalized spacial score (nSPS) is 10.7. The van der Waals surface area contributed by atoms with Gasteiger partial charge in [0.25, 0.3) is 0 Å². The molecular weight excluding hydrogens is 252 g/mol. The molecule has 1 aromatic heterocycles. The first kappa shape index (κ1) is 12.5. The van der Waals surface area contributed by atoms with Gasteiger partial charge in [-0.1, -0.05) is 42.1 Å². The van der Waals surface area contributed by atoms with Crippen LogP contribution in [0, 0.1) is 0 Å². The van der Waals surface area contributed by atoms with E-state index in [1.54, 1.807) is 11.8 Å². The maximum atomic E-state index is 5.81. The van der Waals surface area contributed by atoms with Crippen molar-refractivity contribution in [3.8, 4) is 0 Å². The van der Waals surface area contributed by atoms with Crippen molar-refractivity contribution in [3.05, 3.63) is 47.8 Å². The monoisotopic (exact) mass is 266 g/mol. The molecule has 0 unspecified atom stereocenters. The van der Waals surface area contributed by atoms with E-state index in [0.717, 1.165) is 23.0 Å². The Morgan fingerprint density at radius 3 is 2.71 bits per heavy atom. The number of aryl methyl sites for hydroxylation is 1. The van der Waals surface area contributed by atoms with Crippen LogP contribution in [0.1, 0.15) is 11.3 Å². The second kappa shape index (κ2) is 6.12. The van der Waals surface area contributed by atoms with E-state index in [2.05, 4.69) is 33.8 Å². The third-order valence-electron chi connectivity index (χ3n) is 2.64. The Morgan fingerprint density at radius 2 is 2.06 bits per heavy atom. The maximum Gasteiger partial charge on any atom is 0.167 e. The van der Waals surface area contributed by atoms with Crippen molar-refractivity contribution in [2.75, 3.05) is 5.75 Å². The van der Waals surface area contributed by atoms with Gasteiger partial charge in [0.15, 0.2) is 5.16 Å². The summed E-state index contributed by atoms with van der Waals surface area (Å²) >= 11 is 7.58. The van der Waals surface area contributed by atoms with Gasteiger partial charge in [0.1, 0.15) is 0 Å². The molecule has 0 aliphatic rings. The number of thioether (sulfide) groups is 1. The van der Waals surface area contributed by atoms with Gasteiger partial charge >= 0.3 is 0 Å². The summed E-state index contributed by atoms with van der Waals surface area (Å²) < 4.78 is 2.06. The number of nitrogens with zero attached hydrogens (tertiary/aromatic N) is 2. The highest BCUT2D eigenvalue weighted by Gasteiger charge is 2.05. The summed E-state index contributed by atoms with van der Waals surface area (Å²) in [4.78, 5) is 4.36. The molecule has 0 bridgehead atoms. The van der Waals surface area contributed by atoms with Crippen LogP contribution < -0.4 is 0 Å². The van der Waals surface area contributed by atoms with Crippen molar-refractivity contribution in [1.29, 1.82) is 0 Å². The van der Waals surface area contributed by atoms with Gasteiger partial charge in [-0.3, -0.25) is 0 Å². The average Bonchev–Trinajstić information content (AvgIpc) is 2.72. The Hall–Kier alpha value is -0.930. The number of aromatic nitrogens is 2. The molecule has 0 radical (unpaired) electrons. The van der Waals surface area contributed by atoms with Gasteiger partial charge in [0.05, 0.1) is 17.8 Å². The molecule has 0 aliphatic heterocycles. The molecular formula is C13H15ClN2S. The molecule has 2 rings (SSSR count). The largest absolute Gasteiger partial charge is 0.325 e. The third kappa shape index (κ3) is 3.27. The van der Waals surface area contributed by atoms with Crippen LogP contribution >= 0.6 is 23.4 Å². The van der Waals surface area contributed by atoms with E-state index in [1.807, 2.05) is 19.3 Å². The van der Waals surface area contributed by atoms with Crippen molar-refractivity contribution < 1.29 is 0 Å². The van der Waals surface area contributed by atoms with E-state index in [-0.39, 0.29) is 0 Å². The van der Waals surface area contributed by atoms with Crippen LogP contribution in [0.25, 0.3) is 0 Å². The minimum Gasteiger partial charge on any atom is -0.325 e. The van der Waals surface area contributed by atoms with Crippen LogP contribution in [-0.2, 0) is 19.3 Å². The van der Waals surface area contributed by atoms with Gasteiger partial charge in [-0.25, -0.2) is 4.98 Å². The van der Waals surface area contributed by atoms with Gasteiger partial charge in [-0.15, -0.1) is 11.6 Å². The van der Waals surface area contributed by atoms with Crippen molar-refractivity contribution in [1.82, 2.24) is 9.55 Å². The number of benzene rings is 1. The van der Waals surface area contributed by atoms with Crippen LogP contribution in [0.4, 0.5) is 0 Å². The molecule has 17 heavy (non-hydrogen) atoms. The number of halogens is 1. The molecule has 1 aromatic carbocycles. The first-order valence-corrected chi connectivity index (χ1v) is 7.06. The summed E-state index contributed by atoms with van der Waals surface area (Å²) in [6, 6.07) is 10.5. The minimum atomic E-state index is 0.517. The number of hydrogen-bond donors (Lipinski definition) is 0. The predicted molar refractivity (Wildman–Crippen MR) is 73.6 cm³/mol. The van der Waals surface area contributed by atoms with Crippen molar-refractivity contribution in [3.63, 3.8) is 0 Å². The number of imidazole rings is 1. The van der Waals surface area contributed by atoms with E-state index >= 15 is 0 Å². The highest BCUT2D eigenvalue weighted by Crippen LogP contribution is 2.19. The summed E-state index contributed by atoms with van der Waals surface area (Å²) in [5, 5.41) is 1.04. The van der Waals surface area contributed by atoms with E-state index in [4.69, 9.17) is 11.6 Å². The van der Waals surface area contributed by atoms with E-state index in [1.165, 1.54) is 5.56 Å². The lowest BCUT2D eigenvalue weighted by Gasteiger charge is -2.03. The Labute approximate surface area is 111 Å². The second-order valence-corrected chi connectivity index (χ2v) is 5.14. The van der Waals surface area contributed by atoms with Crippen molar-refractivity contribution >= 4 is 23.4 Å². The molecule has 0 amide bonds. The van der Waals surface area contributed by atoms with E-state index in [9.17, 15) is 0 Å². The summed E-state index contributed by atoms with van der Waals surface area (Å²) in [6.45, 7) is 0. The quantitative estimate of drug-likeness (QED) is 0.609. The second-order valence-electron chi connectivity index (χ2n) is 3.81. The van der Waals surface area contributed by atoms with E-state index in [0.29, 0.717) is 5.88 Å². The summed E-state index contributed by atoms with van der Waals surface area (Å²) in [5.74, 6) is 1.55. The topological polar surface area (TPSA) is 17.8 Å². The molecule has 4 heteroatoms. The van der Waals surface area contributed by atoms with Gasteiger partial charge in [-0.2, -0.15) is 0 Å². The fourth-order valence-corrected chi connectivity index (χ4v) is 2.80. The molecule has 0 fully saturated rings. The van der Waals surface area contributed by atoms with Crippen molar-refractivity contribution in [2.24, 2.45) is 7.05 Å². The molecule has 0 atom stereocenters. The molecule has 0 aliphatic carbocycles. The Bertz CT molecular complexity index is 468. The molecule has 2 aromatic rings. The highest BCUT2D eigenvalue weighted by molar-refractivity contribution is 7.99. The first-order chi connectivity index (χ1) is 8.31. The lowest BCUT2D eigenvalue weighted by atomic mass is 10.2.